The number of aryl methyl sites for hydroxylation is 1. The molecule has 3 N–H and O–H groups in total. The first kappa shape index (κ1) is 32.3. The van der Waals surface area contributed by atoms with Gasteiger partial charge in [-0.3, -0.25) is 19.3 Å². The number of rotatable bonds is 7. The van der Waals surface area contributed by atoms with Crippen LogP contribution >= 0.6 is 0 Å². The average Bonchev–Trinajstić information content (AvgIpc) is 2.98. The van der Waals surface area contributed by atoms with Gasteiger partial charge >= 0.3 is 0 Å². The topological polar surface area (TPSA) is 140 Å². The van der Waals surface area contributed by atoms with E-state index >= 15 is 4.39 Å². The fourth-order valence-corrected chi connectivity index (χ4v) is 5.29. The predicted molar refractivity (Wildman–Crippen MR) is 170 cm³/mol. The summed E-state index contributed by atoms with van der Waals surface area (Å²) in [6, 6.07) is 5.98. The van der Waals surface area contributed by atoms with Gasteiger partial charge in [0.15, 0.2) is 12.1 Å². The lowest BCUT2D eigenvalue weighted by Gasteiger charge is -2.29. The van der Waals surface area contributed by atoms with Gasteiger partial charge in [-0.2, -0.15) is 9.78 Å². The molecule has 0 saturated carbocycles. The van der Waals surface area contributed by atoms with Gasteiger partial charge in [-0.15, -0.1) is 0 Å². The number of fused-ring (bicyclic) bond motifs is 1. The maximum absolute atomic E-state index is 15.3. The average molecular weight is 635 g/mol. The van der Waals surface area contributed by atoms with E-state index in [1.54, 1.807) is 11.0 Å². The fraction of sp³-hybridized carbons (Fsp3) is 0.312. The summed E-state index contributed by atoms with van der Waals surface area (Å²) in [4.78, 5) is 49.1. The third-order valence-electron chi connectivity index (χ3n) is 7.61. The number of benzene rings is 1. The monoisotopic (exact) mass is 634 g/mol. The van der Waals surface area contributed by atoms with E-state index in [9.17, 15) is 23.2 Å². The molecule has 0 radical (unpaired) electrons. The third kappa shape index (κ3) is 6.61. The molecule has 1 aliphatic rings. The van der Waals surface area contributed by atoms with Gasteiger partial charge in [0.2, 0.25) is 0 Å². The van der Waals surface area contributed by atoms with Crippen molar-refractivity contribution < 1.29 is 18.0 Å². The van der Waals surface area contributed by atoms with Gasteiger partial charge in [0, 0.05) is 61.8 Å². The van der Waals surface area contributed by atoms with E-state index in [4.69, 9.17) is 5.73 Å². The Hall–Kier alpha value is -5.11. The van der Waals surface area contributed by atoms with Crippen LogP contribution in [0.1, 0.15) is 36.7 Å². The highest BCUT2D eigenvalue weighted by Gasteiger charge is 2.22. The molecular formula is C32H33F3N8O3. The molecule has 4 heterocycles. The summed E-state index contributed by atoms with van der Waals surface area (Å²) in [6.07, 6.45) is 3.70. The Kier molecular flexibility index (Phi) is 8.92. The highest BCUT2D eigenvalue weighted by atomic mass is 19.3. The van der Waals surface area contributed by atoms with Crippen molar-refractivity contribution in [1.29, 1.82) is 0 Å². The zero-order valence-corrected chi connectivity index (χ0v) is 25.7. The molecule has 11 nitrogen and oxygen atoms in total. The summed E-state index contributed by atoms with van der Waals surface area (Å²) in [6.45, 7) is 6.51. The number of alkyl halides is 2. The van der Waals surface area contributed by atoms with Crippen molar-refractivity contribution in [3.05, 3.63) is 92.3 Å². The molecule has 5 rings (SSSR count). The SMILES string of the molecule is Cn1cc(-c2ccnc(-n3ncc4cc(C(C)(C)C)cc(F)c4c3=O)c2C=O)cc(N=C(N)/C=C2/CN(CC(F)F)CCN2)c1=O. The minimum absolute atomic E-state index is 0.0302. The first-order chi connectivity index (χ1) is 21.8. The molecule has 1 saturated heterocycles. The molecule has 0 atom stereocenters. The minimum atomic E-state index is -2.47. The van der Waals surface area contributed by atoms with Crippen LogP contribution in [0.5, 0.6) is 0 Å². The van der Waals surface area contributed by atoms with Crippen molar-refractivity contribution in [2.24, 2.45) is 17.8 Å². The van der Waals surface area contributed by atoms with Crippen LogP contribution in [0, 0.1) is 5.82 Å². The van der Waals surface area contributed by atoms with Crippen LogP contribution in [0.2, 0.25) is 0 Å². The Morgan fingerprint density at radius 1 is 1.20 bits per heavy atom. The highest BCUT2D eigenvalue weighted by molar-refractivity contribution is 5.95. The third-order valence-corrected chi connectivity index (χ3v) is 7.61. The van der Waals surface area contributed by atoms with Gasteiger partial charge in [-0.25, -0.2) is 23.1 Å². The Morgan fingerprint density at radius 2 is 1.96 bits per heavy atom. The smallest absolute Gasteiger partial charge is 0.283 e. The second-order valence-electron chi connectivity index (χ2n) is 12.0. The molecule has 3 aromatic heterocycles. The molecule has 0 spiro atoms. The van der Waals surface area contributed by atoms with Crippen LogP contribution in [0.25, 0.3) is 27.7 Å². The maximum Gasteiger partial charge on any atom is 0.283 e. The molecule has 0 bridgehead atoms. The van der Waals surface area contributed by atoms with E-state index in [0.29, 0.717) is 47.1 Å². The lowest BCUT2D eigenvalue weighted by Crippen LogP contribution is -2.44. The second kappa shape index (κ2) is 12.7. The molecule has 4 aromatic rings. The molecular weight excluding hydrogens is 601 g/mol. The first-order valence-corrected chi connectivity index (χ1v) is 14.4. The van der Waals surface area contributed by atoms with Gasteiger partial charge in [0.1, 0.15) is 17.3 Å². The number of hydrogen-bond donors (Lipinski definition) is 2. The van der Waals surface area contributed by atoms with Crippen LogP contribution in [0.3, 0.4) is 0 Å². The largest absolute Gasteiger partial charge is 0.386 e. The zero-order valence-electron chi connectivity index (χ0n) is 25.7. The number of nitrogens with two attached hydrogens (primary N) is 1. The molecule has 0 unspecified atom stereocenters. The first-order valence-electron chi connectivity index (χ1n) is 14.4. The minimum Gasteiger partial charge on any atom is -0.386 e. The molecule has 1 aromatic carbocycles. The van der Waals surface area contributed by atoms with Gasteiger partial charge in [-0.1, -0.05) is 20.8 Å². The van der Waals surface area contributed by atoms with Crippen molar-refractivity contribution in [2.45, 2.75) is 32.6 Å². The van der Waals surface area contributed by atoms with E-state index in [-0.39, 0.29) is 46.8 Å². The van der Waals surface area contributed by atoms with Gasteiger partial charge < -0.3 is 15.6 Å². The number of aromatic nitrogens is 4. The van der Waals surface area contributed by atoms with Crippen molar-refractivity contribution in [3.8, 4) is 16.9 Å². The van der Waals surface area contributed by atoms with Crippen LogP contribution in [0.4, 0.5) is 18.9 Å². The summed E-state index contributed by atoms with van der Waals surface area (Å²) in [7, 11) is 1.50. The fourth-order valence-electron chi connectivity index (χ4n) is 5.29. The number of aliphatic imine (C=N–C) groups is 1. The zero-order chi connectivity index (χ0) is 33.3. The summed E-state index contributed by atoms with van der Waals surface area (Å²) in [5.74, 6) is -0.880. The number of aldehydes is 1. The van der Waals surface area contributed by atoms with Crippen LogP contribution in [0.15, 0.2) is 69.2 Å². The van der Waals surface area contributed by atoms with Crippen LogP contribution < -0.4 is 22.2 Å². The Labute approximate surface area is 261 Å². The molecule has 0 amide bonds. The standard InChI is InChI=1S/C32H33F3N8O3/c1-32(2,3)20-9-18-13-39-43(31(46)28(18)24(33)11-20)29-23(17-44)22(5-6-38-29)19-10-25(30(45)41(4)14-19)40-27(36)12-21-15-42(8-7-37-21)16-26(34)35/h5-6,9-14,17,26,37H,7-8,15-16H2,1-4H3,(H2,36,40)/b21-12-. The maximum atomic E-state index is 15.3. The van der Waals surface area contributed by atoms with Gasteiger partial charge in [-0.05, 0) is 40.8 Å². The number of carbonyl (C=O) groups is 1. The van der Waals surface area contributed by atoms with E-state index in [1.807, 2.05) is 20.8 Å². The van der Waals surface area contributed by atoms with Crippen molar-refractivity contribution in [1.82, 2.24) is 29.5 Å². The molecule has 1 aliphatic heterocycles. The lowest BCUT2D eigenvalue weighted by molar-refractivity contribution is 0.0878. The Morgan fingerprint density at radius 3 is 2.65 bits per heavy atom. The van der Waals surface area contributed by atoms with E-state index in [0.717, 1.165) is 4.68 Å². The highest BCUT2D eigenvalue weighted by Crippen LogP contribution is 2.29. The Balaban J connectivity index is 1.56. The van der Waals surface area contributed by atoms with Crippen LogP contribution in [-0.2, 0) is 12.5 Å². The van der Waals surface area contributed by atoms with Crippen molar-refractivity contribution in [3.63, 3.8) is 0 Å². The molecule has 240 valence electrons. The van der Waals surface area contributed by atoms with E-state index < -0.39 is 23.4 Å². The number of hydrogen-bond acceptors (Lipinski definition) is 8. The number of halogens is 3. The summed E-state index contributed by atoms with van der Waals surface area (Å²) in [5.41, 5.74) is 6.35. The molecule has 1 fully saturated rings. The van der Waals surface area contributed by atoms with Crippen molar-refractivity contribution in [2.75, 3.05) is 26.2 Å². The van der Waals surface area contributed by atoms with Crippen molar-refractivity contribution >= 4 is 28.6 Å². The second-order valence-corrected chi connectivity index (χ2v) is 12.0. The number of pyridine rings is 2. The quantitative estimate of drug-likeness (QED) is 0.179. The lowest BCUT2D eigenvalue weighted by atomic mass is 9.86. The Bertz CT molecular complexity index is 2010. The normalized spacial score (nSPS) is 15.5. The van der Waals surface area contributed by atoms with E-state index in [1.165, 1.54) is 54.5 Å². The van der Waals surface area contributed by atoms with Gasteiger partial charge in [0.25, 0.3) is 17.5 Å². The summed E-state index contributed by atoms with van der Waals surface area (Å²) < 4.78 is 43.1. The molecule has 46 heavy (non-hydrogen) atoms. The molecule has 14 heteroatoms. The number of nitrogens with one attached hydrogen (secondary N) is 1. The predicted octanol–water partition coefficient (Wildman–Crippen LogP) is 3.44. The number of amidine groups is 1. The number of carbonyl (C=O) groups excluding carboxylic acids is 1. The van der Waals surface area contributed by atoms with E-state index in [2.05, 4.69) is 20.4 Å². The number of piperazine rings is 1. The molecule has 0 aliphatic carbocycles. The summed E-state index contributed by atoms with van der Waals surface area (Å²) >= 11 is 0. The number of nitrogens with zero attached hydrogens (tertiary/aromatic N) is 6. The summed E-state index contributed by atoms with van der Waals surface area (Å²) in [5, 5.41) is 7.43. The van der Waals surface area contributed by atoms with Crippen LogP contribution in [-0.4, -0.2) is 69.0 Å². The van der Waals surface area contributed by atoms with Gasteiger partial charge in [0.05, 0.1) is 23.7 Å².